The molecule has 2 aromatic heterocycles. The molecule has 3 heteroatoms. The number of fused-ring (bicyclic) bond motifs is 10. The SMILES string of the molecule is c1ccc(N(c2ccc(-c3ccc4c5cc6ccccc6cc5c5nc6ccccc6n5c4c3)cc2)c2cccc3ccccc23)cc1. The van der Waals surface area contributed by atoms with Gasteiger partial charge in [0.25, 0.3) is 0 Å². The van der Waals surface area contributed by atoms with Gasteiger partial charge in [-0.05, 0) is 93.3 Å². The predicted octanol–water partition coefficient (Wildman–Crippen LogP) is 12.2. The van der Waals surface area contributed by atoms with Crippen LogP contribution in [0, 0.1) is 0 Å². The van der Waals surface area contributed by atoms with Crippen molar-refractivity contribution in [1.82, 2.24) is 9.38 Å². The number of para-hydroxylation sites is 3. The molecule has 0 unspecified atom stereocenters. The summed E-state index contributed by atoms with van der Waals surface area (Å²) >= 11 is 0. The first-order chi connectivity index (χ1) is 23.8. The van der Waals surface area contributed by atoms with Crippen molar-refractivity contribution >= 4 is 77.0 Å². The van der Waals surface area contributed by atoms with Gasteiger partial charge in [-0.3, -0.25) is 4.40 Å². The van der Waals surface area contributed by atoms with Crippen LogP contribution in [0.1, 0.15) is 0 Å². The van der Waals surface area contributed by atoms with E-state index in [0.717, 1.165) is 39.3 Å². The Morgan fingerprint density at radius 1 is 0.396 bits per heavy atom. The summed E-state index contributed by atoms with van der Waals surface area (Å²) in [5.74, 6) is 0. The third-order valence-corrected chi connectivity index (χ3v) is 9.70. The molecule has 0 saturated heterocycles. The quantitative estimate of drug-likeness (QED) is 0.146. The molecular weight excluding hydrogens is 583 g/mol. The molecule has 10 aromatic rings. The summed E-state index contributed by atoms with van der Waals surface area (Å²) in [6.45, 7) is 0. The van der Waals surface area contributed by atoms with Crippen LogP contribution in [0.3, 0.4) is 0 Å². The number of nitrogens with zero attached hydrogens (tertiary/aromatic N) is 3. The maximum Gasteiger partial charge on any atom is 0.146 e. The first-order valence-electron chi connectivity index (χ1n) is 16.4. The van der Waals surface area contributed by atoms with E-state index >= 15 is 0 Å². The zero-order valence-corrected chi connectivity index (χ0v) is 26.1. The van der Waals surface area contributed by atoms with E-state index in [2.05, 4.69) is 185 Å². The van der Waals surface area contributed by atoms with Crippen LogP contribution in [0.4, 0.5) is 17.1 Å². The number of hydrogen-bond acceptors (Lipinski definition) is 2. The number of rotatable bonds is 4. The van der Waals surface area contributed by atoms with Crippen LogP contribution in [0.15, 0.2) is 176 Å². The van der Waals surface area contributed by atoms with Gasteiger partial charge in [-0.15, -0.1) is 0 Å². The fourth-order valence-electron chi connectivity index (χ4n) is 7.43. The maximum absolute atomic E-state index is 5.17. The Morgan fingerprint density at radius 3 is 1.88 bits per heavy atom. The monoisotopic (exact) mass is 611 g/mol. The van der Waals surface area contributed by atoms with Crippen LogP contribution in [-0.4, -0.2) is 9.38 Å². The molecule has 48 heavy (non-hydrogen) atoms. The lowest BCUT2D eigenvalue weighted by Gasteiger charge is -2.27. The van der Waals surface area contributed by atoms with Crippen LogP contribution >= 0.6 is 0 Å². The lowest BCUT2D eigenvalue weighted by Crippen LogP contribution is -2.10. The average Bonchev–Trinajstić information content (AvgIpc) is 3.55. The Balaban J connectivity index is 1.16. The van der Waals surface area contributed by atoms with Gasteiger partial charge in [0.2, 0.25) is 0 Å². The van der Waals surface area contributed by atoms with Crippen LogP contribution in [0.2, 0.25) is 0 Å². The van der Waals surface area contributed by atoms with E-state index in [1.54, 1.807) is 0 Å². The first-order valence-corrected chi connectivity index (χ1v) is 16.4. The Labute approximate surface area is 277 Å². The summed E-state index contributed by atoms with van der Waals surface area (Å²) in [4.78, 5) is 7.52. The number of anilines is 3. The van der Waals surface area contributed by atoms with Crippen molar-refractivity contribution in [3.8, 4) is 11.1 Å². The Bertz CT molecular complexity index is 2830. The lowest BCUT2D eigenvalue weighted by molar-refractivity contribution is 1.30. The topological polar surface area (TPSA) is 20.5 Å². The van der Waals surface area contributed by atoms with Crippen LogP contribution in [0.5, 0.6) is 0 Å². The van der Waals surface area contributed by atoms with Crippen LogP contribution in [0.25, 0.3) is 71.0 Å². The van der Waals surface area contributed by atoms with Gasteiger partial charge >= 0.3 is 0 Å². The molecule has 0 aliphatic carbocycles. The van der Waals surface area contributed by atoms with E-state index in [4.69, 9.17) is 4.98 Å². The average molecular weight is 612 g/mol. The van der Waals surface area contributed by atoms with Gasteiger partial charge in [-0.25, -0.2) is 4.98 Å². The highest BCUT2D eigenvalue weighted by Crippen LogP contribution is 2.40. The molecule has 10 rings (SSSR count). The minimum atomic E-state index is 0.991. The van der Waals surface area contributed by atoms with Crippen molar-refractivity contribution in [3.63, 3.8) is 0 Å². The number of benzene rings is 8. The van der Waals surface area contributed by atoms with E-state index in [9.17, 15) is 0 Å². The highest BCUT2D eigenvalue weighted by atomic mass is 15.1. The predicted molar refractivity (Wildman–Crippen MR) is 203 cm³/mol. The highest BCUT2D eigenvalue weighted by Gasteiger charge is 2.17. The summed E-state index contributed by atoms with van der Waals surface area (Å²) in [6, 6.07) is 63.3. The molecule has 0 atom stereocenters. The van der Waals surface area contributed by atoms with Crippen LogP contribution < -0.4 is 4.90 Å². The molecule has 0 spiro atoms. The van der Waals surface area contributed by atoms with Crippen molar-refractivity contribution in [2.45, 2.75) is 0 Å². The minimum Gasteiger partial charge on any atom is -0.310 e. The Morgan fingerprint density at radius 2 is 1.04 bits per heavy atom. The van der Waals surface area contributed by atoms with Crippen molar-refractivity contribution in [3.05, 3.63) is 176 Å². The molecule has 0 amide bonds. The zero-order valence-electron chi connectivity index (χ0n) is 26.1. The summed E-state index contributed by atoms with van der Waals surface area (Å²) in [7, 11) is 0. The number of aromatic nitrogens is 2. The molecule has 0 radical (unpaired) electrons. The van der Waals surface area contributed by atoms with Gasteiger partial charge in [0.15, 0.2) is 0 Å². The summed E-state index contributed by atoms with van der Waals surface area (Å²) < 4.78 is 2.34. The molecule has 0 aliphatic heterocycles. The van der Waals surface area contributed by atoms with E-state index < -0.39 is 0 Å². The second kappa shape index (κ2) is 10.5. The first kappa shape index (κ1) is 26.7. The lowest BCUT2D eigenvalue weighted by atomic mass is 9.98. The molecule has 0 saturated carbocycles. The number of pyridine rings is 1. The molecule has 8 aromatic carbocycles. The van der Waals surface area contributed by atoms with Crippen molar-refractivity contribution in [2.75, 3.05) is 4.90 Å². The maximum atomic E-state index is 5.17. The third kappa shape index (κ3) is 4.11. The second-order valence-electron chi connectivity index (χ2n) is 12.5. The van der Waals surface area contributed by atoms with Gasteiger partial charge in [0, 0.05) is 27.5 Å². The zero-order chi connectivity index (χ0) is 31.6. The number of imidazole rings is 1. The number of hydrogen-bond donors (Lipinski definition) is 0. The molecule has 224 valence electrons. The molecule has 0 aliphatic rings. The molecule has 0 N–H and O–H groups in total. The Kier molecular flexibility index (Phi) is 5.87. The summed E-state index contributed by atoms with van der Waals surface area (Å²) in [6.07, 6.45) is 0. The summed E-state index contributed by atoms with van der Waals surface area (Å²) in [5.41, 5.74) is 10.0. The molecule has 0 fully saturated rings. The van der Waals surface area contributed by atoms with Gasteiger partial charge in [0.1, 0.15) is 5.65 Å². The van der Waals surface area contributed by atoms with Crippen LogP contribution in [-0.2, 0) is 0 Å². The fourth-order valence-corrected chi connectivity index (χ4v) is 7.43. The van der Waals surface area contributed by atoms with E-state index in [1.807, 2.05) is 0 Å². The van der Waals surface area contributed by atoms with Gasteiger partial charge in [-0.2, -0.15) is 0 Å². The Hall–Kier alpha value is -6.45. The van der Waals surface area contributed by atoms with Crippen molar-refractivity contribution < 1.29 is 0 Å². The second-order valence-corrected chi connectivity index (χ2v) is 12.5. The van der Waals surface area contributed by atoms with E-state index in [0.29, 0.717) is 0 Å². The van der Waals surface area contributed by atoms with Gasteiger partial charge in [-0.1, -0.05) is 115 Å². The molecular formula is C45H29N3. The normalized spacial score (nSPS) is 11.8. The highest BCUT2D eigenvalue weighted by molar-refractivity contribution is 6.18. The standard InChI is InChI=1S/C45H29N3/c1-2-15-35(16-3-1)47(42-20-10-14-31-11-6-7-17-37(31)42)36-24-21-30(22-25-36)34-23-26-38-39-27-32-12-4-5-13-33(32)28-40(39)45-46-41-18-8-9-19-43(41)48(45)44(38)29-34/h1-29H. The summed E-state index contributed by atoms with van der Waals surface area (Å²) in [5, 5.41) is 8.52. The third-order valence-electron chi connectivity index (χ3n) is 9.70. The fraction of sp³-hybridized carbons (Fsp3) is 0. The molecule has 2 heterocycles. The van der Waals surface area contributed by atoms with Gasteiger partial charge in [0.05, 0.1) is 22.2 Å². The van der Waals surface area contributed by atoms with Crippen molar-refractivity contribution in [1.29, 1.82) is 0 Å². The largest absolute Gasteiger partial charge is 0.310 e. The molecule has 0 bridgehead atoms. The smallest absolute Gasteiger partial charge is 0.146 e. The van der Waals surface area contributed by atoms with Gasteiger partial charge < -0.3 is 4.90 Å². The molecule has 3 nitrogen and oxygen atoms in total. The minimum absolute atomic E-state index is 0.991. The van der Waals surface area contributed by atoms with Crippen molar-refractivity contribution in [2.24, 2.45) is 0 Å². The van der Waals surface area contributed by atoms with E-state index in [-0.39, 0.29) is 0 Å². The van der Waals surface area contributed by atoms with E-state index in [1.165, 1.54) is 48.8 Å².